The normalized spacial score (nSPS) is 12.1. The molecule has 0 saturated carbocycles. The first-order valence-corrected chi connectivity index (χ1v) is 2.89. The van der Waals surface area contributed by atoms with E-state index in [2.05, 4.69) is 4.74 Å². The van der Waals surface area contributed by atoms with Crippen LogP contribution in [0.15, 0.2) is 23.4 Å². The van der Waals surface area contributed by atoms with Gasteiger partial charge in [0.2, 0.25) is 0 Å². The van der Waals surface area contributed by atoms with E-state index in [1.807, 2.05) is 0 Å². The summed E-state index contributed by atoms with van der Waals surface area (Å²) >= 11 is 0. The van der Waals surface area contributed by atoms with Crippen LogP contribution in [0.1, 0.15) is 13.8 Å². The Labute approximate surface area is 107 Å². The maximum atomic E-state index is 10.7. The minimum atomic E-state index is -0.567. The van der Waals surface area contributed by atoms with Gasteiger partial charge in [-0.25, -0.2) is 0 Å². The molecule has 0 atom stereocenters. The second-order valence-electron chi connectivity index (χ2n) is 1.77. The molecule has 3 nitrogen and oxygen atoms in total. The first-order valence-electron chi connectivity index (χ1n) is 2.89. The number of ether oxygens (including phenoxy) is 1. The third kappa shape index (κ3) is 6.04. The average molecular weight is 172 g/mol. The molecule has 0 amide bonds. The molecule has 0 heterocycles. The largest absolute Gasteiger partial charge is 1.00 e. The maximum absolute atomic E-state index is 10.7. The fraction of sp³-hybridized carbons (Fsp3) is 0.429. The molecule has 0 spiro atoms. The molecule has 0 aromatic carbocycles. The Hall–Kier alpha value is 0.477. The average Bonchev–Trinajstić information content (AvgIpc) is 2.00. The molecule has 0 bridgehead atoms. The molecule has 0 saturated heterocycles. The zero-order chi connectivity index (χ0) is 8.15. The fourth-order valence-corrected chi connectivity index (χ4v) is 0.470. The van der Waals surface area contributed by atoms with Crippen molar-refractivity contribution in [2.24, 2.45) is 0 Å². The first kappa shape index (κ1) is 18.3. The molecule has 0 fully saturated rings. The molecule has 0 aliphatic rings. The summed E-state index contributed by atoms with van der Waals surface area (Å²) < 4.78 is 4.32. The zero-order valence-electron chi connectivity index (χ0n) is 8.30. The standard InChI is InChI=1S/C7H12O3.Li.Na/c1-4-6(8)5(2)7(9)10-3;;/h4,8-9H,1-3H3;;/q;2*+1/p-2/b6-4+,7-5-;;. The summed E-state index contributed by atoms with van der Waals surface area (Å²) in [7, 11) is 1.24. The van der Waals surface area contributed by atoms with Gasteiger partial charge in [0.15, 0.2) is 0 Å². The Bertz CT molecular complexity index is 177. The molecule has 58 valence electrons. The predicted molar refractivity (Wildman–Crippen MR) is 33.5 cm³/mol. The summed E-state index contributed by atoms with van der Waals surface area (Å²) in [4.78, 5) is 0. The Morgan fingerprint density at radius 1 is 1.33 bits per heavy atom. The molecule has 0 aromatic heterocycles. The van der Waals surface area contributed by atoms with Crippen molar-refractivity contribution in [1.82, 2.24) is 0 Å². The Kier molecular flexibility index (Phi) is 14.6. The second kappa shape index (κ2) is 9.56. The van der Waals surface area contributed by atoms with Crippen molar-refractivity contribution < 1.29 is 63.4 Å². The number of methoxy groups -OCH3 is 1. The number of rotatable bonds is 2. The predicted octanol–water partition coefficient (Wildman–Crippen LogP) is -6.50. The minimum absolute atomic E-state index is 0. The van der Waals surface area contributed by atoms with Crippen molar-refractivity contribution in [2.45, 2.75) is 13.8 Å². The van der Waals surface area contributed by atoms with Crippen LogP contribution in [0, 0.1) is 0 Å². The van der Waals surface area contributed by atoms with Crippen LogP contribution in [-0.4, -0.2) is 7.11 Å². The molecular formula is C7H10LiNaO3. The van der Waals surface area contributed by atoms with E-state index >= 15 is 0 Å². The molecule has 0 radical (unpaired) electrons. The monoisotopic (exact) mass is 172 g/mol. The van der Waals surface area contributed by atoms with Gasteiger partial charge in [-0.3, -0.25) is 0 Å². The number of hydrogen-bond acceptors (Lipinski definition) is 3. The zero-order valence-corrected chi connectivity index (χ0v) is 10.3. The molecule has 12 heavy (non-hydrogen) atoms. The minimum Gasteiger partial charge on any atom is -0.872 e. The number of hydrogen-bond donors (Lipinski definition) is 0. The second-order valence-corrected chi connectivity index (χ2v) is 1.77. The summed E-state index contributed by atoms with van der Waals surface area (Å²) in [6.07, 6.45) is 1.33. The van der Waals surface area contributed by atoms with Crippen LogP contribution in [0.25, 0.3) is 0 Å². The maximum Gasteiger partial charge on any atom is 1.00 e. The first-order chi connectivity index (χ1) is 4.63. The molecule has 0 N–H and O–H groups in total. The Morgan fingerprint density at radius 2 is 1.75 bits per heavy atom. The van der Waals surface area contributed by atoms with Gasteiger partial charge in [-0.15, -0.1) is 5.76 Å². The van der Waals surface area contributed by atoms with Gasteiger partial charge in [0, 0.05) is 0 Å². The van der Waals surface area contributed by atoms with Gasteiger partial charge < -0.3 is 14.9 Å². The van der Waals surface area contributed by atoms with Crippen molar-refractivity contribution in [3.8, 4) is 0 Å². The topological polar surface area (TPSA) is 55.3 Å². The van der Waals surface area contributed by atoms with Crippen molar-refractivity contribution in [3.63, 3.8) is 0 Å². The summed E-state index contributed by atoms with van der Waals surface area (Å²) in [5, 5.41) is 21.3. The van der Waals surface area contributed by atoms with Gasteiger partial charge >= 0.3 is 48.4 Å². The summed E-state index contributed by atoms with van der Waals surface area (Å²) in [6.45, 7) is 3.02. The van der Waals surface area contributed by atoms with Gasteiger partial charge in [-0.1, -0.05) is 6.08 Å². The van der Waals surface area contributed by atoms with E-state index in [0.29, 0.717) is 0 Å². The SMILES string of the molecule is C/C=C([O-])\C(C)=C(\[O-])OC.[Li+].[Na+]. The van der Waals surface area contributed by atoms with Crippen LogP contribution < -0.4 is 58.6 Å². The third-order valence-corrected chi connectivity index (χ3v) is 1.12. The molecule has 0 rings (SSSR count). The van der Waals surface area contributed by atoms with E-state index in [9.17, 15) is 10.2 Å². The van der Waals surface area contributed by atoms with Crippen LogP contribution >= 0.6 is 0 Å². The summed E-state index contributed by atoms with van der Waals surface area (Å²) in [6, 6.07) is 0. The van der Waals surface area contributed by atoms with Crippen LogP contribution in [-0.2, 0) is 4.74 Å². The van der Waals surface area contributed by atoms with Crippen molar-refractivity contribution in [1.29, 1.82) is 0 Å². The molecule has 0 aliphatic carbocycles. The number of allylic oxidation sites excluding steroid dienone is 2. The Morgan fingerprint density at radius 3 is 2.00 bits per heavy atom. The third-order valence-electron chi connectivity index (χ3n) is 1.12. The van der Waals surface area contributed by atoms with E-state index in [1.54, 1.807) is 6.92 Å². The van der Waals surface area contributed by atoms with Gasteiger partial charge in [0.05, 0.1) is 5.95 Å². The van der Waals surface area contributed by atoms with Crippen molar-refractivity contribution >= 4 is 0 Å². The van der Waals surface area contributed by atoms with Crippen LogP contribution in [0.5, 0.6) is 0 Å². The van der Waals surface area contributed by atoms with E-state index in [4.69, 9.17) is 0 Å². The van der Waals surface area contributed by atoms with Crippen LogP contribution in [0.2, 0.25) is 0 Å². The van der Waals surface area contributed by atoms with E-state index in [1.165, 1.54) is 20.1 Å². The summed E-state index contributed by atoms with van der Waals surface area (Å²) in [5.41, 5.74) is 0.116. The van der Waals surface area contributed by atoms with Crippen LogP contribution in [0.4, 0.5) is 0 Å². The van der Waals surface area contributed by atoms with Crippen LogP contribution in [0.3, 0.4) is 0 Å². The molecular weight excluding hydrogens is 162 g/mol. The van der Waals surface area contributed by atoms with E-state index in [0.717, 1.165) is 0 Å². The Balaban J connectivity index is -0.000000405. The van der Waals surface area contributed by atoms with Gasteiger partial charge in [-0.05, 0) is 26.5 Å². The fourth-order valence-electron chi connectivity index (χ4n) is 0.470. The van der Waals surface area contributed by atoms with Gasteiger partial charge in [0.25, 0.3) is 0 Å². The van der Waals surface area contributed by atoms with Crippen molar-refractivity contribution in [3.05, 3.63) is 23.4 Å². The van der Waals surface area contributed by atoms with E-state index in [-0.39, 0.29) is 59.8 Å². The summed E-state index contributed by atoms with van der Waals surface area (Å²) in [5.74, 6) is -0.852. The van der Waals surface area contributed by atoms with Gasteiger partial charge in [-0.2, -0.15) is 0 Å². The smallest absolute Gasteiger partial charge is 0.872 e. The molecule has 5 heteroatoms. The quantitative estimate of drug-likeness (QED) is 0.236. The van der Waals surface area contributed by atoms with Crippen molar-refractivity contribution in [2.75, 3.05) is 7.11 Å². The molecule has 0 unspecified atom stereocenters. The van der Waals surface area contributed by atoms with E-state index < -0.39 is 5.95 Å². The molecule has 0 aliphatic heterocycles. The molecule has 0 aromatic rings. The van der Waals surface area contributed by atoms with Gasteiger partial charge in [0.1, 0.15) is 0 Å².